The van der Waals surface area contributed by atoms with Crippen LogP contribution >= 0.6 is 11.6 Å². The number of nitrogens with one attached hydrogen (secondary N) is 1. The maximum absolute atomic E-state index is 11.8. The summed E-state index contributed by atoms with van der Waals surface area (Å²) >= 11 is 5.65. The number of nitrogens with zero attached hydrogens (tertiary/aromatic N) is 1. The Labute approximate surface area is 100.0 Å². The fourth-order valence-electron chi connectivity index (χ4n) is 1.14. The summed E-state index contributed by atoms with van der Waals surface area (Å²) in [7, 11) is 1.49. The van der Waals surface area contributed by atoms with Crippen LogP contribution in [0.1, 0.15) is 17.3 Å². The fraction of sp³-hybridized carbons (Fsp3) is 0.455. The quantitative estimate of drug-likeness (QED) is 0.800. The van der Waals surface area contributed by atoms with Gasteiger partial charge in [0.25, 0.3) is 5.91 Å². The number of alkyl halides is 1. The van der Waals surface area contributed by atoms with Crippen LogP contribution in [0, 0.1) is 5.92 Å². The molecule has 0 spiro atoms. The minimum atomic E-state index is -0.193. The first kappa shape index (κ1) is 12.8. The van der Waals surface area contributed by atoms with E-state index in [1.54, 1.807) is 18.3 Å². The van der Waals surface area contributed by atoms with E-state index in [4.69, 9.17) is 16.3 Å². The van der Waals surface area contributed by atoms with Gasteiger partial charge in [-0.1, -0.05) is 6.92 Å². The number of hydrogen-bond acceptors (Lipinski definition) is 3. The number of halogens is 1. The van der Waals surface area contributed by atoms with Crippen molar-refractivity contribution in [3.8, 4) is 5.88 Å². The van der Waals surface area contributed by atoms with Crippen molar-refractivity contribution in [2.75, 3.05) is 19.5 Å². The third-order valence-electron chi connectivity index (χ3n) is 2.08. The summed E-state index contributed by atoms with van der Waals surface area (Å²) in [6, 6.07) is 3.37. The van der Waals surface area contributed by atoms with Crippen molar-refractivity contribution in [1.29, 1.82) is 0 Å². The first-order valence-corrected chi connectivity index (χ1v) is 5.55. The molecule has 0 aliphatic heterocycles. The van der Waals surface area contributed by atoms with Crippen LogP contribution in [-0.2, 0) is 0 Å². The molecule has 0 aliphatic rings. The second-order valence-electron chi connectivity index (χ2n) is 3.53. The van der Waals surface area contributed by atoms with Crippen LogP contribution < -0.4 is 10.1 Å². The molecular weight excluding hydrogens is 228 g/mol. The van der Waals surface area contributed by atoms with Crippen LogP contribution in [0.15, 0.2) is 18.3 Å². The Morgan fingerprint density at radius 1 is 1.69 bits per heavy atom. The summed E-state index contributed by atoms with van der Waals surface area (Å²) in [5.41, 5.74) is 0.437. The molecule has 88 valence electrons. The van der Waals surface area contributed by atoms with Crippen molar-refractivity contribution in [3.05, 3.63) is 23.9 Å². The lowest BCUT2D eigenvalue weighted by Crippen LogP contribution is -2.29. The second-order valence-corrected chi connectivity index (χ2v) is 3.84. The zero-order valence-corrected chi connectivity index (χ0v) is 10.1. The van der Waals surface area contributed by atoms with E-state index in [1.807, 2.05) is 6.92 Å². The molecule has 1 aromatic heterocycles. The van der Waals surface area contributed by atoms with Crippen molar-refractivity contribution < 1.29 is 9.53 Å². The number of pyridine rings is 1. The summed E-state index contributed by atoms with van der Waals surface area (Å²) in [6.45, 7) is 2.51. The Morgan fingerprint density at radius 3 is 3.06 bits per heavy atom. The number of carbonyl (C=O) groups excluding carboxylic acids is 1. The van der Waals surface area contributed by atoms with Gasteiger partial charge < -0.3 is 10.1 Å². The van der Waals surface area contributed by atoms with E-state index in [1.165, 1.54) is 7.11 Å². The average Bonchev–Trinajstić information content (AvgIpc) is 2.35. The molecule has 0 saturated heterocycles. The second kappa shape index (κ2) is 6.33. The highest BCUT2D eigenvalue weighted by atomic mass is 35.5. The smallest absolute Gasteiger partial charge is 0.256 e. The van der Waals surface area contributed by atoms with Crippen LogP contribution in [0.5, 0.6) is 5.88 Å². The van der Waals surface area contributed by atoms with Gasteiger partial charge in [-0.15, -0.1) is 11.6 Å². The Hall–Kier alpha value is -1.29. The molecule has 0 fully saturated rings. The topological polar surface area (TPSA) is 51.2 Å². The predicted octanol–water partition coefficient (Wildman–Crippen LogP) is 1.69. The fourth-order valence-corrected chi connectivity index (χ4v) is 1.25. The molecule has 1 amide bonds. The molecule has 0 radical (unpaired) electrons. The van der Waals surface area contributed by atoms with Gasteiger partial charge in [0.05, 0.1) is 7.11 Å². The van der Waals surface area contributed by atoms with Gasteiger partial charge in [0, 0.05) is 18.6 Å². The number of rotatable bonds is 5. The first-order chi connectivity index (χ1) is 7.69. The van der Waals surface area contributed by atoms with E-state index in [2.05, 4.69) is 10.3 Å². The average molecular weight is 243 g/mol. The molecule has 0 bridgehead atoms. The molecule has 1 atom stereocenters. The monoisotopic (exact) mass is 242 g/mol. The predicted molar refractivity (Wildman–Crippen MR) is 63.0 cm³/mol. The zero-order valence-electron chi connectivity index (χ0n) is 9.37. The number of methoxy groups -OCH3 is 1. The largest absolute Gasteiger partial charge is 0.480 e. The van der Waals surface area contributed by atoms with Gasteiger partial charge in [0.2, 0.25) is 5.88 Å². The normalized spacial score (nSPS) is 11.9. The van der Waals surface area contributed by atoms with Gasteiger partial charge in [0.15, 0.2) is 0 Å². The van der Waals surface area contributed by atoms with E-state index in [0.717, 1.165) is 0 Å². The number of aromatic nitrogens is 1. The minimum absolute atomic E-state index is 0.193. The van der Waals surface area contributed by atoms with Crippen molar-refractivity contribution in [2.24, 2.45) is 5.92 Å². The number of ether oxygens (including phenoxy) is 1. The summed E-state index contributed by atoms with van der Waals surface area (Å²) in [5.74, 6) is 0.901. The SMILES string of the molecule is COc1ncccc1C(=O)NCC(C)CCl. The molecule has 1 heterocycles. The summed E-state index contributed by atoms with van der Waals surface area (Å²) < 4.78 is 5.00. The summed E-state index contributed by atoms with van der Waals surface area (Å²) in [4.78, 5) is 15.7. The molecule has 5 heteroatoms. The highest BCUT2D eigenvalue weighted by molar-refractivity contribution is 6.18. The standard InChI is InChI=1S/C11H15ClN2O2/c1-8(6-12)7-14-10(15)9-4-3-5-13-11(9)16-2/h3-5,8H,6-7H2,1-2H3,(H,14,15). The lowest BCUT2D eigenvalue weighted by Gasteiger charge is -2.10. The molecule has 1 aromatic rings. The van der Waals surface area contributed by atoms with Gasteiger partial charge in [-0.25, -0.2) is 4.98 Å². The molecule has 0 aliphatic carbocycles. The Bertz CT molecular complexity index is 358. The third-order valence-corrected chi connectivity index (χ3v) is 2.61. The Kier molecular flexibility index (Phi) is 5.05. The van der Waals surface area contributed by atoms with Crippen LogP contribution in [-0.4, -0.2) is 30.4 Å². The number of hydrogen-bond donors (Lipinski definition) is 1. The maximum atomic E-state index is 11.8. The molecule has 0 aromatic carbocycles. The molecule has 1 unspecified atom stereocenters. The van der Waals surface area contributed by atoms with Crippen LogP contribution in [0.3, 0.4) is 0 Å². The van der Waals surface area contributed by atoms with Gasteiger partial charge in [-0.2, -0.15) is 0 Å². The summed E-state index contributed by atoms with van der Waals surface area (Å²) in [5, 5.41) is 2.78. The lowest BCUT2D eigenvalue weighted by molar-refractivity contribution is 0.0945. The van der Waals surface area contributed by atoms with Crippen LogP contribution in [0.4, 0.5) is 0 Å². The summed E-state index contributed by atoms with van der Waals surface area (Å²) in [6.07, 6.45) is 1.58. The molecule has 1 rings (SSSR count). The number of carbonyl (C=O) groups is 1. The van der Waals surface area contributed by atoms with Crippen LogP contribution in [0.25, 0.3) is 0 Å². The van der Waals surface area contributed by atoms with Crippen molar-refractivity contribution >= 4 is 17.5 Å². The number of amides is 1. The van der Waals surface area contributed by atoms with Gasteiger partial charge in [0.1, 0.15) is 5.56 Å². The zero-order chi connectivity index (χ0) is 12.0. The van der Waals surface area contributed by atoms with Crippen molar-refractivity contribution in [1.82, 2.24) is 10.3 Å². The molecule has 0 saturated carbocycles. The lowest BCUT2D eigenvalue weighted by atomic mass is 10.2. The maximum Gasteiger partial charge on any atom is 0.256 e. The highest BCUT2D eigenvalue weighted by Crippen LogP contribution is 2.13. The van der Waals surface area contributed by atoms with Gasteiger partial charge in [-0.3, -0.25) is 4.79 Å². The van der Waals surface area contributed by atoms with Crippen LogP contribution in [0.2, 0.25) is 0 Å². The van der Waals surface area contributed by atoms with E-state index in [9.17, 15) is 4.79 Å². The highest BCUT2D eigenvalue weighted by Gasteiger charge is 2.12. The Balaban J connectivity index is 2.65. The molecule has 16 heavy (non-hydrogen) atoms. The molecule has 1 N–H and O–H groups in total. The minimum Gasteiger partial charge on any atom is -0.480 e. The van der Waals surface area contributed by atoms with Gasteiger partial charge >= 0.3 is 0 Å². The van der Waals surface area contributed by atoms with E-state index >= 15 is 0 Å². The van der Waals surface area contributed by atoms with Gasteiger partial charge in [-0.05, 0) is 18.1 Å². The van der Waals surface area contributed by atoms with E-state index in [0.29, 0.717) is 23.9 Å². The molecule has 4 nitrogen and oxygen atoms in total. The molecular formula is C11H15ClN2O2. The van der Waals surface area contributed by atoms with E-state index < -0.39 is 0 Å². The van der Waals surface area contributed by atoms with Crippen molar-refractivity contribution in [3.63, 3.8) is 0 Å². The third kappa shape index (κ3) is 3.38. The van der Waals surface area contributed by atoms with E-state index in [-0.39, 0.29) is 11.8 Å². The van der Waals surface area contributed by atoms with Crippen molar-refractivity contribution in [2.45, 2.75) is 6.92 Å². The Morgan fingerprint density at radius 2 is 2.44 bits per heavy atom. The first-order valence-electron chi connectivity index (χ1n) is 5.02.